The third-order valence-corrected chi connectivity index (χ3v) is 6.45. The number of carbonyl (C=O) groups excluding carboxylic acids is 2. The number of hydrogen-bond donors (Lipinski definition) is 1. The summed E-state index contributed by atoms with van der Waals surface area (Å²) < 4.78 is 60.1. The maximum absolute atomic E-state index is 14.5. The Balaban J connectivity index is 1.91. The first-order valence-electron chi connectivity index (χ1n) is 10.8. The van der Waals surface area contributed by atoms with Crippen LogP contribution in [0.15, 0.2) is 42.5 Å². The molecule has 1 amide bonds. The molecule has 0 aromatic heterocycles. The molecule has 178 valence electrons. The van der Waals surface area contributed by atoms with E-state index in [2.05, 4.69) is 5.32 Å². The predicted octanol–water partition coefficient (Wildman–Crippen LogP) is 5.90. The van der Waals surface area contributed by atoms with Gasteiger partial charge in [-0.1, -0.05) is 44.2 Å². The Morgan fingerprint density at radius 2 is 1.76 bits per heavy atom. The van der Waals surface area contributed by atoms with Crippen molar-refractivity contribution in [1.29, 1.82) is 0 Å². The number of methoxy groups -OCH3 is 1. The van der Waals surface area contributed by atoms with E-state index in [0.717, 1.165) is 18.6 Å². The number of rotatable bonds is 8. The molecule has 0 bridgehead atoms. The Bertz CT molecular complexity index is 1010. The second-order valence-corrected chi connectivity index (χ2v) is 8.62. The first kappa shape index (κ1) is 24.7. The number of ether oxygens (including phenoxy) is 1. The van der Waals surface area contributed by atoms with Gasteiger partial charge in [-0.2, -0.15) is 13.2 Å². The summed E-state index contributed by atoms with van der Waals surface area (Å²) in [6.45, 7) is 2.86. The van der Waals surface area contributed by atoms with Gasteiger partial charge in [-0.05, 0) is 48.1 Å². The van der Waals surface area contributed by atoms with E-state index >= 15 is 0 Å². The van der Waals surface area contributed by atoms with Crippen LogP contribution in [-0.2, 0) is 26.2 Å². The normalized spacial score (nSPS) is 16.6. The Labute approximate surface area is 190 Å². The molecule has 1 saturated carbocycles. The highest BCUT2D eigenvalue weighted by molar-refractivity contribution is 5.96. The maximum atomic E-state index is 14.5. The van der Waals surface area contributed by atoms with Crippen molar-refractivity contribution >= 4 is 17.6 Å². The lowest BCUT2D eigenvalue weighted by Crippen LogP contribution is -2.34. The van der Waals surface area contributed by atoms with Crippen LogP contribution in [0.3, 0.4) is 0 Å². The van der Waals surface area contributed by atoms with Gasteiger partial charge in [-0.3, -0.25) is 9.59 Å². The average Bonchev–Trinajstić information content (AvgIpc) is 3.55. The second-order valence-electron chi connectivity index (χ2n) is 8.62. The molecule has 1 fully saturated rings. The van der Waals surface area contributed by atoms with Crippen molar-refractivity contribution in [3.05, 3.63) is 65.0 Å². The van der Waals surface area contributed by atoms with Gasteiger partial charge in [0, 0.05) is 5.41 Å². The van der Waals surface area contributed by atoms with Gasteiger partial charge < -0.3 is 10.1 Å². The number of alkyl halides is 3. The van der Waals surface area contributed by atoms with Crippen LogP contribution in [0.4, 0.5) is 23.2 Å². The molecule has 0 unspecified atom stereocenters. The molecule has 3 rings (SSSR count). The van der Waals surface area contributed by atoms with Crippen LogP contribution in [0.5, 0.6) is 0 Å². The number of esters is 1. The third kappa shape index (κ3) is 5.54. The van der Waals surface area contributed by atoms with Crippen molar-refractivity contribution in [2.24, 2.45) is 5.92 Å². The van der Waals surface area contributed by atoms with Crippen LogP contribution in [0.25, 0.3) is 0 Å². The Kier molecular flexibility index (Phi) is 7.14. The number of anilines is 1. The topological polar surface area (TPSA) is 55.4 Å². The number of amides is 1. The summed E-state index contributed by atoms with van der Waals surface area (Å²) >= 11 is 0. The van der Waals surface area contributed by atoms with Crippen LogP contribution in [-0.4, -0.2) is 25.2 Å². The van der Waals surface area contributed by atoms with Crippen LogP contribution in [0, 0.1) is 11.7 Å². The van der Waals surface area contributed by atoms with Gasteiger partial charge in [0.1, 0.15) is 5.82 Å². The zero-order chi connectivity index (χ0) is 24.4. The molecule has 2 aromatic carbocycles. The summed E-state index contributed by atoms with van der Waals surface area (Å²) in [6, 6.07) is 10.5. The van der Waals surface area contributed by atoms with E-state index in [0.29, 0.717) is 24.8 Å². The number of halogens is 4. The van der Waals surface area contributed by atoms with E-state index < -0.39 is 41.1 Å². The van der Waals surface area contributed by atoms with E-state index in [1.807, 2.05) is 6.92 Å². The number of carbonyl (C=O) groups is 2. The lowest BCUT2D eigenvalue weighted by atomic mass is 9.85. The van der Waals surface area contributed by atoms with Gasteiger partial charge in [-0.15, -0.1) is 0 Å². The zero-order valence-electron chi connectivity index (χ0n) is 18.8. The predicted molar refractivity (Wildman–Crippen MR) is 116 cm³/mol. The Morgan fingerprint density at radius 3 is 2.27 bits per heavy atom. The highest BCUT2D eigenvalue weighted by Gasteiger charge is 2.47. The third-order valence-electron chi connectivity index (χ3n) is 6.45. The summed E-state index contributed by atoms with van der Waals surface area (Å²) in [5.74, 6) is -5.65. The van der Waals surface area contributed by atoms with E-state index in [1.54, 1.807) is 12.1 Å². The van der Waals surface area contributed by atoms with Crippen molar-refractivity contribution in [1.82, 2.24) is 0 Å². The lowest BCUT2D eigenvalue weighted by Gasteiger charge is -2.26. The minimum Gasteiger partial charge on any atom is -0.469 e. The standard InChI is InChI=1S/C25H27F4NO3/c1-4-16-5-7-17(8-6-16)22(15(2)25(27,28)29)23(32)30-20-13-18(9-10-19(20)26)24(11-12-24)14-21(31)33-3/h5-10,13,15,22H,4,11-12,14H2,1-3H3,(H,30,32)/t15-,22+/m1/s1. The van der Waals surface area contributed by atoms with Crippen molar-refractivity contribution < 1.29 is 31.9 Å². The fourth-order valence-electron chi connectivity index (χ4n) is 4.05. The number of hydrogen-bond acceptors (Lipinski definition) is 3. The van der Waals surface area contributed by atoms with Gasteiger partial charge in [0.15, 0.2) is 0 Å². The van der Waals surface area contributed by atoms with Crippen LogP contribution in [0.2, 0.25) is 0 Å². The molecule has 2 aromatic rings. The minimum atomic E-state index is -4.62. The first-order chi connectivity index (χ1) is 15.5. The smallest absolute Gasteiger partial charge is 0.392 e. The van der Waals surface area contributed by atoms with Gasteiger partial charge in [0.05, 0.1) is 31.1 Å². The van der Waals surface area contributed by atoms with Crippen molar-refractivity contribution in [3.8, 4) is 0 Å². The van der Waals surface area contributed by atoms with E-state index in [9.17, 15) is 27.2 Å². The molecular weight excluding hydrogens is 438 g/mol. The molecule has 1 aliphatic carbocycles. The summed E-state index contributed by atoms with van der Waals surface area (Å²) in [7, 11) is 1.28. The van der Waals surface area contributed by atoms with Crippen molar-refractivity contribution in [2.45, 2.75) is 57.0 Å². The molecule has 0 saturated heterocycles. The average molecular weight is 465 g/mol. The van der Waals surface area contributed by atoms with E-state index in [-0.39, 0.29) is 17.7 Å². The highest BCUT2D eigenvalue weighted by atomic mass is 19.4. The van der Waals surface area contributed by atoms with Gasteiger partial charge in [0.2, 0.25) is 5.91 Å². The van der Waals surface area contributed by atoms with Gasteiger partial charge in [-0.25, -0.2) is 4.39 Å². The largest absolute Gasteiger partial charge is 0.469 e. The number of aryl methyl sites for hydroxylation is 1. The van der Waals surface area contributed by atoms with Crippen LogP contribution in [0.1, 0.15) is 55.7 Å². The van der Waals surface area contributed by atoms with Crippen LogP contribution < -0.4 is 5.32 Å². The Morgan fingerprint density at radius 1 is 1.12 bits per heavy atom. The fraction of sp³-hybridized carbons (Fsp3) is 0.440. The van der Waals surface area contributed by atoms with Gasteiger partial charge >= 0.3 is 12.1 Å². The molecule has 2 atom stereocenters. The maximum Gasteiger partial charge on any atom is 0.392 e. The second kappa shape index (κ2) is 9.53. The zero-order valence-corrected chi connectivity index (χ0v) is 18.8. The molecule has 0 spiro atoms. The summed E-state index contributed by atoms with van der Waals surface area (Å²) in [4.78, 5) is 24.8. The number of benzene rings is 2. The first-order valence-corrected chi connectivity index (χ1v) is 10.8. The molecule has 4 nitrogen and oxygen atoms in total. The molecule has 8 heteroatoms. The van der Waals surface area contributed by atoms with Crippen molar-refractivity contribution in [3.63, 3.8) is 0 Å². The Hall–Kier alpha value is -2.90. The van der Waals surface area contributed by atoms with E-state index in [4.69, 9.17) is 4.74 Å². The molecule has 0 heterocycles. The quantitative estimate of drug-likeness (QED) is 0.390. The highest BCUT2D eigenvalue weighted by Crippen LogP contribution is 2.52. The molecule has 33 heavy (non-hydrogen) atoms. The monoisotopic (exact) mass is 465 g/mol. The van der Waals surface area contributed by atoms with Crippen molar-refractivity contribution in [2.75, 3.05) is 12.4 Å². The lowest BCUT2D eigenvalue weighted by molar-refractivity contribution is -0.178. The van der Waals surface area contributed by atoms with Crippen LogP contribution >= 0.6 is 0 Å². The number of nitrogens with one attached hydrogen (secondary N) is 1. The van der Waals surface area contributed by atoms with Gasteiger partial charge in [0.25, 0.3) is 0 Å². The summed E-state index contributed by atoms with van der Waals surface area (Å²) in [5.41, 5.74) is 1.05. The fourth-order valence-corrected chi connectivity index (χ4v) is 4.05. The summed E-state index contributed by atoms with van der Waals surface area (Å²) in [6.07, 6.45) is -2.42. The molecule has 0 radical (unpaired) electrons. The molecular formula is C25H27F4NO3. The molecule has 1 N–H and O–H groups in total. The van der Waals surface area contributed by atoms with E-state index in [1.165, 1.54) is 31.4 Å². The molecule has 1 aliphatic rings. The minimum absolute atomic E-state index is 0.111. The SMILES string of the molecule is CCc1ccc([C@@H](C(=O)Nc2cc(C3(CC(=O)OC)CC3)ccc2F)[C@@H](C)C(F)(F)F)cc1. The molecule has 0 aliphatic heterocycles. The summed E-state index contributed by atoms with van der Waals surface area (Å²) in [5, 5.41) is 2.37.